The number of nitro groups is 1. The molecule has 0 unspecified atom stereocenters. The van der Waals surface area contributed by atoms with Crippen LogP contribution < -0.4 is 9.47 Å². The summed E-state index contributed by atoms with van der Waals surface area (Å²) >= 11 is 7.66. The standard InChI is InChI=1S/C20H19ClN4O4S/c21-15-5-1-3-7-17(15)29-13-19-22-23-20(24(19)14-9-10-14)30-12-11-28-18-8-4-2-6-16(18)25(26)27/h1-8,14H,9-13H2. The molecule has 0 bridgehead atoms. The predicted octanol–water partition coefficient (Wildman–Crippen LogP) is 4.92. The molecule has 10 heteroatoms. The lowest BCUT2D eigenvalue weighted by atomic mass is 10.3. The number of benzene rings is 2. The summed E-state index contributed by atoms with van der Waals surface area (Å²) in [7, 11) is 0. The Labute approximate surface area is 182 Å². The Bertz CT molecular complexity index is 1040. The first-order chi connectivity index (χ1) is 14.6. The fraction of sp³-hybridized carbons (Fsp3) is 0.300. The van der Waals surface area contributed by atoms with Crippen molar-refractivity contribution in [3.63, 3.8) is 0 Å². The molecule has 0 amide bonds. The molecule has 1 saturated carbocycles. The van der Waals surface area contributed by atoms with Crippen molar-refractivity contribution < 1.29 is 14.4 Å². The summed E-state index contributed by atoms with van der Waals surface area (Å²) in [4.78, 5) is 10.6. The van der Waals surface area contributed by atoms with E-state index >= 15 is 0 Å². The number of ether oxygens (including phenoxy) is 2. The highest BCUT2D eigenvalue weighted by Gasteiger charge is 2.30. The lowest BCUT2D eigenvalue weighted by molar-refractivity contribution is -0.385. The van der Waals surface area contributed by atoms with Crippen molar-refractivity contribution in [2.24, 2.45) is 0 Å². The van der Waals surface area contributed by atoms with E-state index in [1.165, 1.54) is 17.8 Å². The van der Waals surface area contributed by atoms with Crippen LogP contribution in [-0.4, -0.2) is 32.0 Å². The van der Waals surface area contributed by atoms with Gasteiger partial charge in [-0.15, -0.1) is 10.2 Å². The van der Waals surface area contributed by atoms with E-state index < -0.39 is 4.92 Å². The van der Waals surface area contributed by atoms with Gasteiger partial charge in [-0.05, 0) is 31.0 Å². The monoisotopic (exact) mass is 446 g/mol. The number of thioether (sulfide) groups is 1. The van der Waals surface area contributed by atoms with E-state index in [2.05, 4.69) is 14.8 Å². The van der Waals surface area contributed by atoms with Gasteiger partial charge < -0.3 is 14.0 Å². The number of aromatic nitrogens is 3. The summed E-state index contributed by atoms with van der Waals surface area (Å²) in [5, 5.41) is 21.0. The Morgan fingerprint density at radius 2 is 1.83 bits per heavy atom. The quantitative estimate of drug-likeness (QED) is 0.189. The van der Waals surface area contributed by atoms with E-state index in [1.807, 2.05) is 18.2 Å². The van der Waals surface area contributed by atoms with Crippen LogP contribution in [0.4, 0.5) is 5.69 Å². The molecule has 8 nitrogen and oxygen atoms in total. The van der Waals surface area contributed by atoms with Crippen molar-refractivity contribution in [3.8, 4) is 11.5 Å². The van der Waals surface area contributed by atoms with Crippen LogP contribution in [0, 0.1) is 10.1 Å². The average molecular weight is 447 g/mol. The van der Waals surface area contributed by atoms with E-state index in [0.717, 1.165) is 23.8 Å². The molecular weight excluding hydrogens is 428 g/mol. The van der Waals surface area contributed by atoms with Gasteiger partial charge in [0, 0.05) is 17.9 Å². The second-order valence-corrected chi connectivity index (χ2v) is 8.11. The average Bonchev–Trinajstić information content (AvgIpc) is 3.51. The first kappa shape index (κ1) is 20.5. The number of halogens is 1. The van der Waals surface area contributed by atoms with Gasteiger partial charge in [0.05, 0.1) is 16.6 Å². The number of para-hydroxylation sites is 3. The molecule has 1 fully saturated rings. The molecule has 1 heterocycles. The zero-order valence-corrected chi connectivity index (χ0v) is 17.5. The molecule has 0 radical (unpaired) electrons. The summed E-state index contributed by atoms with van der Waals surface area (Å²) in [6.45, 7) is 0.596. The molecule has 1 aliphatic carbocycles. The van der Waals surface area contributed by atoms with Gasteiger partial charge in [0.1, 0.15) is 12.4 Å². The molecular formula is C20H19ClN4O4S. The van der Waals surface area contributed by atoms with Crippen molar-refractivity contribution in [2.75, 3.05) is 12.4 Å². The van der Waals surface area contributed by atoms with Crippen LogP contribution in [0.1, 0.15) is 24.7 Å². The second-order valence-electron chi connectivity index (χ2n) is 6.64. The maximum Gasteiger partial charge on any atom is 0.310 e. The first-order valence-corrected chi connectivity index (χ1v) is 10.8. The van der Waals surface area contributed by atoms with Crippen LogP contribution in [0.2, 0.25) is 5.02 Å². The number of rotatable bonds is 10. The van der Waals surface area contributed by atoms with Crippen LogP contribution in [0.25, 0.3) is 0 Å². The second kappa shape index (κ2) is 9.36. The lowest BCUT2D eigenvalue weighted by Crippen LogP contribution is -2.08. The van der Waals surface area contributed by atoms with Gasteiger partial charge >= 0.3 is 5.69 Å². The molecule has 0 aliphatic heterocycles. The molecule has 30 heavy (non-hydrogen) atoms. The van der Waals surface area contributed by atoms with Gasteiger partial charge in [0.25, 0.3) is 0 Å². The molecule has 0 atom stereocenters. The molecule has 0 N–H and O–H groups in total. The van der Waals surface area contributed by atoms with Gasteiger partial charge in [-0.25, -0.2) is 0 Å². The molecule has 0 saturated heterocycles. The largest absolute Gasteiger partial charge is 0.486 e. The Hall–Kier alpha value is -2.78. The molecule has 1 aromatic heterocycles. The molecule has 2 aromatic carbocycles. The first-order valence-electron chi connectivity index (χ1n) is 9.43. The van der Waals surface area contributed by atoms with Gasteiger partial charge in [0.15, 0.2) is 16.7 Å². The van der Waals surface area contributed by atoms with Crippen molar-refractivity contribution in [2.45, 2.75) is 30.6 Å². The molecule has 1 aliphatic rings. The highest BCUT2D eigenvalue weighted by molar-refractivity contribution is 7.99. The van der Waals surface area contributed by atoms with Gasteiger partial charge in [0.2, 0.25) is 0 Å². The number of hydrogen-bond donors (Lipinski definition) is 0. The smallest absolute Gasteiger partial charge is 0.310 e. The van der Waals surface area contributed by atoms with Crippen LogP contribution in [0.5, 0.6) is 11.5 Å². The topological polar surface area (TPSA) is 92.3 Å². The third-order valence-electron chi connectivity index (χ3n) is 4.47. The maximum atomic E-state index is 11.1. The van der Waals surface area contributed by atoms with E-state index in [-0.39, 0.29) is 18.0 Å². The Balaban J connectivity index is 1.36. The SMILES string of the molecule is O=[N+]([O-])c1ccccc1OCCSc1nnc(COc2ccccc2Cl)n1C1CC1. The Kier molecular flexibility index (Phi) is 6.39. The summed E-state index contributed by atoms with van der Waals surface area (Å²) in [5.41, 5.74) is -0.0392. The minimum Gasteiger partial charge on any atom is -0.486 e. The van der Waals surface area contributed by atoms with Crippen molar-refractivity contribution in [1.29, 1.82) is 0 Å². The minimum atomic E-state index is -0.447. The summed E-state index contributed by atoms with van der Waals surface area (Å²) in [5.74, 6) is 2.21. The van der Waals surface area contributed by atoms with Crippen LogP contribution >= 0.6 is 23.4 Å². The zero-order valence-electron chi connectivity index (χ0n) is 15.9. The third-order valence-corrected chi connectivity index (χ3v) is 5.69. The normalized spacial score (nSPS) is 13.2. The van der Waals surface area contributed by atoms with E-state index in [9.17, 15) is 10.1 Å². The Morgan fingerprint density at radius 3 is 2.57 bits per heavy atom. The zero-order chi connectivity index (χ0) is 20.9. The maximum absolute atomic E-state index is 11.1. The van der Waals surface area contributed by atoms with Gasteiger partial charge in [-0.2, -0.15) is 0 Å². The van der Waals surface area contributed by atoms with Gasteiger partial charge in [-0.3, -0.25) is 10.1 Å². The van der Waals surface area contributed by atoms with Crippen molar-refractivity contribution in [3.05, 3.63) is 69.5 Å². The van der Waals surface area contributed by atoms with Crippen molar-refractivity contribution in [1.82, 2.24) is 14.8 Å². The van der Waals surface area contributed by atoms with E-state index in [0.29, 0.717) is 29.2 Å². The molecule has 156 valence electrons. The van der Waals surface area contributed by atoms with Crippen LogP contribution in [0.3, 0.4) is 0 Å². The fourth-order valence-corrected chi connectivity index (χ4v) is 3.95. The minimum absolute atomic E-state index is 0.0392. The highest BCUT2D eigenvalue weighted by Crippen LogP contribution is 2.39. The fourth-order valence-electron chi connectivity index (χ4n) is 2.92. The highest BCUT2D eigenvalue weighted by atomic mass is 35.5. The number of nitrogens with zero attached hydrogens (tertiary/aromatic N) is 4. The van der Waals surface area contributed by atoms with Gasteiger partial charge in [-0.1, -0.05) is 47.6 Å². The van der Waals surface area contributed by atoms with Crippen LogP contribution in [0.15, 0.2) is 53.7 Å². The van der Waals surface area contributed by atoms with E-state index in [1.54, 1.807) is 24.3 Å². The summed E-state index contributed by atoms with van der Waals surface area (Å²) < 4.78 is 13.5. The van der Waals surface area contributed by atoms with Crippen molar-refractivity contribution >= 4 is 29.1 Å². The summed E-state index contributed by atoms with van der Waals surface area (Å²) in [6, 6.07) is 14.0. The third kappa shape index (κ3) is 4.85. The molecule has 4 rings (SSSR count). The lowest BCUT2D eigenvalue weighted by Gasteiger charge is -2.11. The molecule has 0 spiro atoms. The molecule has 3 aromatic rings. The predicted molar refractivity (Wildman–Crippen MR) is 113 cm³/mol. The van der Waals surface area contributed by atoms with E-state index in [4.69, 9.17) is 21.1 Å². The number of nitro benzene ring substituents is 1. The van der Waals surface area contributed by atoms with Crippen LogP contribution in [-0.2, 0) is 6.61 Å². The Morgan fingerprint density at radius 1 is 1.10 bits per heavy atom. The number of hydrogen-bond acceptors (Lipinski definition) is 7. The summed E-state index contributed by atoms with van der Waals surface area (Å²) in [6.07, 6.45) is 2.16.